The van der Waals surface area contributed by atoms with E-state index in [2.05, 4.69) is 12.2 Å². The van der Waals surface area contributed by atoms with Gasteiger partial charge in [-0.15, -0.1) is 11.3 Å². The van der Waals surface area contributed by atoms with Crippen LogP contribution in [-0.4, -0.2) is 35.6 Å². The van der Waals surface area contributed by atoms with E-state index in [1.807, 2.05) is 36.6 Å². The van der Waals surface area contributed by atoms with Crippen LogP contribution >= 0.6 is 11.3 Å². The van der Waals surface area contributed by atoms with E-state index >= 15 is 0 Å². The molecule has 0 radical (unpaired) electrons. The molecule has 0 bridgehead atoms. The van der Waals surface area contributed by atoms with Crippen LogP contribution in [0.4, 0.5) is 0 Å². The van der Waals surface area contributed by atoms with Gasteiger partial charge in [-0.05, 0) is 30.4 Å². The highest BCUT2D eigenvalue weighted by molar-refractivity contribution is 7.09. The maximum atomic E-state index is 12.4. The number of thiophene rings is 1. The van der Waals surface area contributed by atoms with E-state index in [-0.39, 0.29) is 37.0 Å². The summed E-state index contributed by atoms with van der Waals surface area (Å²) < 4.78 is 0. The molecule has 0 fully saturated rings. The third kappa shape index (κ3) is 6.64. The van der Waals surface area contributed by atoms with E-state index < -0.39 is 0 Å². The summed E-state index contributed by atoms with van der Waals surface area (Å²) >= 11 is 1.57. The number of nitrogens with zero attached hydrogens (tertiary/aromatic N) is 1. The summed E-state index contributed by atoms with van der Waals surface area (Å²) in [4.78, 5) is 39.3. The Kier molecular flexibility index (Phi) is 8.20. The van der Waals surface area contributed by atoms with Crippen molar-refractivity contribution in [2.75, 3.05) is 13.1 Å². The van der Waals surface area contributed by atoms with Gasteiger partial charge in [0, 0.05) is 29.8 Å². The first-order valence-electron chi connectivity index (χ1n) is 9.22. The number of carbonyl (C=O) groups excluding carboxylic acids is 3. The first kappa shape index (κ1) is 20.8. The van der Waals surface area contributed by atoms with Gasteiger partial charge in [0.25, 0.3) is 0 Å². The number of Topliss-reactive ketones (excluding diaryl/α,β-unsaturated/α-hetero) is 1. The summed E-state index contributed by atoms with van der Waals surface area (Å²) in [6, 6.07) is 11.4. The molecule has 6 heteroatoms. The minimum Gasteiger partial charge on any atom is -0.350 e. The van der Waals surface area contributed by atoms with Crippen molar-refractivity contribution >= 4 is 28.9 Å². The summed E-state index contributed by atoms with van der Waals surface area (Å²) in [6.45, 7) is 4.81. The summed E-state index contributed by atoms with van der Waals surface area (Å²) in [5, 5.41) is 4.77. The van der Waals surface area contributed by atoms with Crippen LogP contribution in [0, 0.1) is 0 Å². The molecule has 0 unspecified atom stereocenters. The monoisotopic (exact) mass is 386 g/mol. The van der Waals surface area contributed by atoms with Gasteiger partial charge < -0.3 is 10.2 Å². The van der Waals surface area contributed by atoms with E-state index in [0.29, 0.717) is 18.7 Å². The Bertz CT molecular complexity index is 754. The number of rotatable bonds is 10. The van der Waals surface area contributed by atoms with Crippen molar-refractivity contribution in [3.63, 3.8) is 0 Å². The van der Waals surface area contributed by atoms with E-state index in [1.54, 1.807) is 23.5 Å². The van der Waals surface area contributed by atoms with Crippen molar-refractivity contribution < 1.29 is 14.4 Å². The maximum absolute atomic E-state index is 12.4. The molecule has 0 spiro atoms. The van der Waals surface area contributed by atoms with Crippen LogP contribution in [0.3, 0.4) is 0 Å². The number of carbonyl (C=O) groups is 3. The zero-order valence-electron chi connectivity index (χ0n) is 15.9. The topological polar surface area (TPSA) is 66.5 Å². The van der Waals surface area contributed by atoms with E-state index in [9.17, 15) is 14.4 Å². The maximum Gasteiger partial charge on any atom is 0.239 e. The second-order valence-electron chi connectivity index (χ2n) is 6.24. The molecule has 2 aromatic rings. The number of benzene rings is 1. The van der Waals surface area contributed by atoms with Gasteiger partial charge in [0.15, 0.2) is 5.78 Å². The van der Waals surface area contributed by atoms with Gasteiger partial charge in [-0.25, -0.2) is 0 Å². The molecule has 0 aliphatic heterocycles. The molecule has 1 aromatic carbocycles. The quantitative estimate of drug-likeness (QED) is 0.636. The van der Waals surface area contributed by atoms with Crippen molar-refractivity contribution in [1.82, 2.24) is 10.2 Å². The molecule has 0 saturated heterocycles. The Hall–Kier alpha value is -2.47. The SMILES string of the molecule is CCc1ccc(C(=O)CCC(=O)N(CC)CC(=O)NCc2cccs2)cc1. The smallest absolute Gasteiger partial charge is 0.239 e. The van der Waals surface area contributed by atoms with Gasteiger partial charge in [-0.3, -0.25) is 14.4 Å². The van der Waals surface area contributed by atoms with Crippen LogP contribution in [0.5, 0.6) is 0 Å². The molecule has 1 aromatic heterocycles. The molecule has 2 amide bonds. The number of hydrogen-bond acceptors (Lipinski definition) is 4. The summed E-state index contributed by atoms with van der Waals surface area (Å²) in [5.74, 6) is -0.424. The first-order chi connectivity index (χ1) is 13.0. The van der Waals surface area contributed by atoms with Gasteiger partial charge >= 0.3 is 0 Å². The van der Waals surface area contributed by atoms with Crippen LogP contribution in [0.25, 0.3) is 0 Å². The number of hydrogen-bond donors (Lipinski definition) is 1. The Morgan fingerprint density at radius 1 is 1.04 bits per heavy atom. The molecule has 0 saturated carbocycles. The van der Waals surface area contributed by atoms with Crippen LogP contribution in [0.2, 0.25) is 0 Å². The van der Waals surface area contributed by atoms with Crippen molar-refractivity contribution in [3.8, 4) is 0 Å². The molecule has 144 valence electrons. The third-order valence-electron chi connectivity index (χ3n) is 4.36. The van der Waals surface area contributed by atoms with Gasteiger partial charge in [-0.1, -0.05) is 37.3 Å². The summed E-state index contributed by atoms with van der Waals surface area (Å²) in [7, 11) is 0. The molecule has 0 aliphatic rings. The lowest BCUT2D eigenvalue weighted by atomic mass is 10.0. The lowest BCUT2D eigenvalue weighted by Crippen LogP contribution is -2.40. The molecule has 27 heavy (non-hydrogen) atoms. The molecule has 0 atom stereocenters. The number of ketones is 1. The molecule has 1 N–H and O–H groups in total. The molecule has 5 nitrogen and oxygen atoms in total. The lowest BCUT2D eigenvalue weighted by Gasteiger charge is -2.20. The fraction of sp³-hybridized carbons (Fsp3) is 0.381. The fourth-order valence-corrected chi connectivity index (χ4v) is 3.30. The largest absolute Gasteiger partial charge is 0.350 e. The Morgan fingerprint density at radius 3 is 2.37 bits per heavy atom. The van der Waals surface area contributed by atoms with Crippen molar-refractivity contribution in [1.29, 1.82) is 0 Å². The van der Waals surface area contributed by atoms with Gasteiger partial charge in [0.2, 0.25) is 11.8 Å². The average molecular weight is 387 g/mol. The highest BCUT2D eigenvalue weighted by Crippen LogP contribution is 2.10. The minimum absolute atomic E-state index is 0.0140. The normalized spacial score (nSPS) is 10.4. The minimum atomic E-state index is -0.194. The second kappa shape index (κ2) is 10.6. The first-order valence-corrected chi connectivity index (χ1v) is 10.1. The predicted molar refractivity (Wildman–Crippen MR) is 108 cm³/mol. The van der Waals surface area contributed by atoms with Crippen LogP contribution in [0.15, 0.2) is 41.8 Å². The number of likely N-dealkylation sites (N-methyl/N-ethyl adjacent to an activating group) is 1. The molecule has 1 heterocycles. The predicted octanol–water partition coefficient (Wildman–Crippen LogP) is 3.44. The van der Waals surface area contributed by atoms with Crippen molar-refractivity contribution in [2.24, 2.45) is 0 Å². The summed E-state index contributed by atoms with van der Waals surface area (Å²) in [5.41, 5.74) is 1.80. The fourth-order valence-electron chi connectivity index (χ4n) is 2.65. The van der Waals surface area contributed by atoms with Gasteiger partial charge in [0.1, 0.15) is 0 Å². The highest BCUT2D eigenvalue weighted by atomic mass is 32.1. The van der Waals surface area contributed by atoms with Crippen LogP contribution in [-0.2, 0) is 22.6 Å². The molecule has 2 rings (SSSR count). The van der Waals surface area contributed by atoms with Crippen LogP contribution in [0.1, 0.15) is 47.5 Å². The Morgan fingerprint density at radius 2 is 1.78 bits per heavy atom. The van der Waals surface area contributed by atoms with E-state index in [0.717, 1.165) is 11.3 Å². The Labute approximate surface area is 164 Å². The highest BCUT2D eigenvalue weighted by Gasteiger charge is 2.17. The third-order valence-corrected chi connectivity index (χ3v) is 5.24. The van der Waals surface area contributed by atoms with E-state index in [1.165, 1.54) is 10.5 Å². The molecule has 0 aliphatic carbocycles. The van der Waals surface area contributed by atoms with Crippen molar-refractivity contribution in [3.05, 3.63) is 57.8 Å². The molecular weight excluding hydrogens is 360 g/mol. The second-order valence-corrected chi connectivity index (χ2v) is 7.27. The Balaban J connectivity index is 1.79. The van der Waals surface area contributed by atoms with Gasteiger partial charge in [-0.2, -0.15) is 0 Å². The zero-order valence-corrected chi connectivity index (χ0v) is 16.7. The standard InChI is InChI=1S/C21H26N2O3S/c1-3-16-7-9-17(10-8-16)19(24)11-12-21(26)23(4-2)15-20(25)22-14-18-6-5-13-27-18/h5-10,13H,3-4,11-12,14-15H2,1-2H3,(H,22,25). The molecular formula is C21H26N2O3S. The van der Waals surface area contributed by atoms with Crippen LogP contribution < -0.4 is 5.32 Å². The number of nitrogens with one attached hydrogen (secondary N) is 1. The van der Waals surface area contributed by atoms with Gasteiger partial charge in [0.05, 0.1) is 13.1 Å². The number of amides is 2. The van der Waals surface area contributed by atoms with Crippen molar-refractivity contribution in [2.45, 2.75) is 39.7 Å². The number of aryl methyl sites for hydroxylation is 1. The average Bonchev–Trinajstić information content (AvgIpc) is 3.22. The zero-order chi connectivity index (χ0) is 19.6. The lowest BCUT2D eigenvalue weighted by molar-refractivity contribution is -0.135. The summed E-state index contributed by atoms with van der Waals surface area (Å²) in [6.07, 6.45) is 1.19. The van der Waals surface area contributed by atoms with E-state index in [4.69, 9.17) is 0 Å².